The summed E-state index contributed by atoms with van der Waals surface area (Å²) >= 11 is 0. The number of nitrogens with zero attached hydrogens (tertiary/aromatic N) is 2. The van der Waals surface area contributed by atoms with E-state index in [1.54, 1.807) is 12.1 Å². The SMILES string of the molecule is O=S(=O)(NCc1ccc(CNC2CCCc3cccnc32)cc1)c1ccccn1. The molecular formula is C22H24N4O2S. The van der Waals surface area contributed by atoms with Crippen LogP contribution in [0.3, 0.4) is 0 Å². The Balaban J connectivity index is 1.33. The molecule has 0 spiro atoms. The van der Waals surface area contributed by atoms with Crippen molar-refractivity contribution in [3.8, 4) is 0 Å². The molecule has 0 saturated heterocycles. The summed E-state index contributed by atoms with van der Waals surface area (Å²) in [4.78, 5) is 8.46. The quantitative estimate of drug-likeness (QED) is 0.628. The van der Waals surface area contributed by atoms with Crippen LogP contribution in [0.4, 0.5) is 0 Å². The Hall–Kier alpha value is -2.61. The van der Waals surface area contributed by atoms with Gasteiger partial charge in [0.2, 0.25) is 0 Å². The summed E-state index contributed by atoms with van der Waals surface area (Å²) in [6, 6.07) is 17.2. The van der Waals surface area contributed by atoms with Gasteiger partial charge in [-0.15, -0.1) is 0 Å². The third-order valence-corrected chi connectivity index (χ3v) is 6.47. The van der Waals surface area contributed by atoms with Gasteiger partial charge in [0.05, 0.1) is 11.7 Å². The topological polar surface area (TPSA) is 84.0 Å². The van der Waals surface area contributed by atoms with Gasteiger partial charge in [0.25, 0.3) is 10.0 Å². The van der Waals surface area contributed by atoms with Gasteiger partial charge in [-0.3, -0.25) is 4.98 Å². The Morgan fingerprint density at radius 3 is 2.41 bits per heavy atom. The molecule has 2 aromatic heterocycles. The maximum Gasteiger partial charge on any atom is 0.258 e. The van der Waals surface area contributed by atoms with Gasteiger partial charge in [-0.05, 0) is 54.2 Å². The number of aromatic nitrogens is 2. The largest absolute Gasteiger partial charge is 0.305 e. The van der Waals surface area contributed by atoms with Crippen LogP contribution in [0.5, 0.6) is 0 Å². The van der Waals surface area contributed by atoms with E-state index in [9.17, 15) is 8.42 Å². The average molecular weight is 409 g/mol. The highest BCUT2D eigenvalue weighted by atomic mass is 32.2. The first-order valence-corrected chi connectivity index (χ1v) is 11.3. The van der Waals surface area contributed by atoms with E-state index >= 15 is 0 Å². The van der Waals surface area contributed by atoms with Crippen molar-refractivity contribution in [2.45, 2.75) is 43.4 Å². The van der Waals surface area contributed by atoms with Crippen molar-refractivity contribution in [3.63, 3.8) is 0 Å². The van der Waals surface area contributed by atoms with Crippen LogP contribution in [-0.4, -0.2) is 18.4 Å². The van der Waals surface area contributed by atoms with Crippen LogP contribution in [0, 0.1) is 0 Å². The molecule has 1 unspecified atom stereocenters. The third kappa shape index (κ3) is 4.87. The Morgan fingerprint density at radius 2 is 1.66 bits per heavy atom. The van der Waals surface area contributed by atoms with Gasteiger partial charge in [-0.25, -0.2) is 18.1 Å². The van der Waals surface area contributed by atoms with E-state index in [-0.39, 0.29) is 17.6 Å². The maximum absolute atomic E-state index is 12.3. The van der Waals surface area contributed by atoms with Gasteiger partial charge in [-0.1, -0.05) is 36.4 Å². The molecule has 1 aliphatic rings. The monoisotopic (exact) mass is 408 g/mol. The van der Waals surface area contributed by atoms with E-state index in [1.165, 1.54) is 29.9 Å². The van der Waals surface area contributed by atoms with Gasteiger partial charge in [0.1, 0.15) is 0 Å². The highest BCUT2D eigenvalue weighted by Crippen LogP contribution is 2.27. The third-order valence-electron chi connectivity index (χ3n) is 5.15. The Kier molecular flexibility index (Phi) is 5.99. The van der Waals surface area contributed by atoms with Crippen LogP contribution in [0.2, 0.25) is 0 Å². The molecule has 0 radical (unpaired) electrons. The second-order valence-electron chi connectivity index (χ2n) is 7.18. The first kappa shape index (κ1) is 19.7. The van der Waals surface area contributed by atoms with Crippen LogP contribution < -0.4 is 10.0 Å². The molecular weight excluding hydrogens is 384 g/mol. The minimum atomic E-state index is -3.60. The predicted molar refractivity (Wildman–Crippen MR) is 111 cm³/mol. The molecule has 3 aromatic rings. The normalized spacial score (nSPS) is 16.3. The molecule has 0 amide bonds. The summed E-state index contributed by atoms with van der Waals surface area (Å²) in [5, 5.41) is 3.64. The molecule has 1 aromatic carbocycles. The second-order valence-corrected chi connectivity index (χ2v) is 8.90. The van der Waals surface area contributed by atoms with E-state index < -0.39 is 10.0 Å². The van der Waals surface area contributed by atoms with Gasteiger partial charge in [0.15, 0.2) is 5.03 Å². The number of hydrogen-bond acceptors (Lipinski definition) is 5. The zero-order valence-electron chi connectivity index (χ0n) is 16.1. The van der Waals surface area contributed by atoms with Gasteiger partial charge >= 0.3 is 0 Å². The summed E-state index contributed by atoms with van der Waals surface area (Å²) < 4.78 is 27.1. The van der Waals surface area contributed by atoms with Crippen LogP contribution in [0.25, 0.3) is 0 Å². The van der Waals surface area contributed by atoms with Crippen LogP contribution in [0.1, 0.15) is 41.3 Å². The summed E-state index contributed by atoms with van der Waals surface area (Å²) in [5.41, 5.74) is 4.56. The van der Waals surface area contributed by atoms with Gasteiger partial charge < -0.3 is 5.32 Å². The second kappa shape index (κ2) is 8.82. The van der Waals surface area contributed by atoms with E-state index in [2.05, 4.69) is 26.1 Å². The van der Waals surface area contributed by atoms with Crippen LogP contribution in [-0.2, 0) is 29.5 Å². The molecule has 1 aliphatic carbocycles. The molecule has 29 heavy (non-hydrogen) atoms. The van der Waals surface area contributed by atoms with E-state index in [0.29, 0.717) is 0 Å². The molecule has 6 nitrogen and oxygen atoms in total. The fraction of sp³-hybridized carbons (Fsp3) is 0.273. The highest BCUT2D eigenvalue weighted by molar-refractivity contribution is 7.89. The van der Waals surface area contributed by atoms with Crippen molar-refractivity contribution in [1.82, 2.24) is 20.0 Å². The molecule has 150 valence electrons. The van der Waals surface area contributed by atoms with Crippen molar-refractivity contribution < 1.29 is 8.42 Å². The van der Waals surface area contributed by atoms with E-state index in [1.807, 2.05) is 36.5 Å². The zero-order chi connectivity index (χ0) is 20.1. The Bertz CT molecular complexity index is 1050. The summed E-state index contributed by atoms with van der Waals surface area (Å²) in [6.07, 6.45) is 6.70. The first-order valence-electron chi connectivity index (χ1n) is 9.77. The van der Waals surface area contributed by atoms with Crippen molar-refractivity contribution in [2.24, 2.45) is 0 Å². The Labute approximate surface area is 171 Å². The van der Waals surface area contributed by atoms with Crippen molar-refractivity contribution in [3.05, 3.63) is 89.4 Å². The number of nitrogens with one attached hydrogen (secondary N) is 2. The first-order chi connectivity index (χ1) is 14.1. The number of benzene rings is 1. The van der Waals surface area contributed by atoms with Crippen molar-refractivity contribution in [1.29, 1.82) is 0 Å². The number of fused-ring (bicyclic) bond motifs is 1. The molecule has 2 N–H and O–H groups in total. The molecule has 0 saturated carbocycles. The zero-order valence-corrected chi connectivity index (χ0v) is 16.9. The predicted octanol–water partition coefficient (Wildman–Crippen LogP) is 3.12. The van der Waals surface area contributed by atoms with Crippen LogP contribution in [0.15, 0.2) is 72.0 Å². The lowest BCUT2D eigenvalue weighted by atomic mass is 9.92. The number of rotatable bonds is 7. The fourth-order valence-corrected chi connectivity index (χ4v) is 4.54. The molecule has 0 bridgehead atoms. The summed E-state index contributed by atoms with van der Waals surface area (Å²) in [6.45, 7) is 0.979. The number of hydrogen-bond donors (Lipinski definition) is 2. The van der Waals surface area contributed by atoms with Crippen LogP contribution >= 0.6 is 0 Å². The lowest BCUT2D eigenvalue weighted by molar-refractivity contribution is 0.447. The fourth-order valence-electron chi connectivity index (χ4n) is 3.58. The minimum absolute atomic E-state index is 0.0298. The Morgan fingerprint density at radius 1 is 0.897 bits per heavy atom. The molecule has 0 aliphatic heterocycles. The standard InChI is InChI=1S/C22H24N4O2S/c27-29(28,21-8-1-2-13-23-21)26-16-18-11-9-17(10-12-18)15-25-20-7-3-5-19-6-4-14-24-22(19)20/h1-2,4,6,8-14,20,25-26H,3,5,7,15-16H2. The molecule has 2 heterocycles. The van der Waals surface area contributed by atoms with E-state index in [0.717, 1.165) is 30.5 Å². The lowest BCUT2D eigenvalue weighted by Gasteiger charge is -2.25. The molecule has 7 heteroatoms. The number of aryl methyl sites for hydroxylation is 1. The van der Waals surface area contributed by atoms with Gasteiger partial charge in [-0.2, -0.15) is 0 Å². The maximum atomic E-state index is 12.3. The lowest BCUT2D eigenvalue weighted by Crippen LogP contribution is -2.26. The summed E-state index contributed by atoms with van der Waals surface area (Å²) in [5.74, 6) is 0. The molecule has 0 fully saturated rings. The molecule has 4 rings (SSSR count). The van der Waals surface area contributed by atoms with Crippen molar-refractivity contribution >= 4 is 10.0 Å². The van der Waals surface area contributed by atoms with Gasteiger partial charge in [0, 0.05) is 25.5 Å². The average Bonchev–Trinajstić information content (AvgIpc) is 2.77. The number of pyridine rings is 2. The summed E-state index contributed by atoms with van der Waals surface area (Å²) in [7, 11) is -3.60. The molecule has 1 atom stereocenters. The van der Waals surface area contributed by atoms with E-state index in [4.69, 9.17) is 0 Å². The van der Waals surface area contributed by atoms with Crippen molar-refractivity contribution in [2.75, 3.05) is 0 Å². The highest BCUT2D eigenvalue weighted by Gasteiger charge is 2.20. The smallest absolute Gasteiger partial charge is 0.258 e. The number of sulfonamides is 1. The minimum Gasteiger partial charge on any atom is -0.305 e.